The summed E-state index contributed by atoms with van der Waals surface area (Å²) >= 11 is -2.41. The van der Waals surface area contributed by atoms with Crippen molar-refractivity contribution in [2.75, 3.05) is 6.61 Å². The molecule has 2 aromatic heterocycles. The Morgan fingerprint density at radius 3 is 2.64 bits per heavy atom. The monoisotopic (exact) mass is 510 g/mol. The summed E-state index contributed by atoms with van der Waals surface area (Å²) < 4.78 is 30.2. The number of nitrogens with two attached hydrogens (primary N) is 1. The van der Waals surface area contributed by atoms with Crippen LogP contribution in [-0.2, 0) is 40.4 Å². The number of hydrogen-bond donors (Lipinski definition) is 2. The Labute approximate surface area is 211 Å². The van der Waals surface area contributed by atoms with Gasteiger partial charge in [0.1, 0.15) is 6.04 Å². The number of tetrazole rings is 1. The molecule has 0 aliphatic heterocycles. The van der Waals surface area contributed by atoms with Gasteiger partial charge >= 0.3 is 0 Å². The molecule has 4 rings (SSSR count). The van der Waals surface area contributed by atoms with E-state index in [2.05, 4.69) is 20.7 Å². The van der Waals surface area contributed by atoms with Crippen LogP contribution in [0.3, 0.4) is 0 Å². The number of para-hydroxylation sites is 1. The van der Waals surface area contributed by atoms with Crippen LogP contribution in [0.5, 0.6) is 0 Å². The number of ether oxygens (including phenoxy) is 1. The molecule has 12 heteroatoms. The molecule has 0 aliphatic rings. The van der Waals surface area contributed by atoms with Crippen LogP contribution in [0, 0.1) is 0 Å². The van der Waals surface area contributed by atoms with Crippen molar-refractivity contribution in [3.8, 4) is 0 Å². The highest BCUT2D eigenvalue weighted by Crippen LogP contribution is 2.22. The number of fused-ring (bicyclic) bond motifs is 1. The molecular weight excluding hydrogens is 482 g/mol. The Kier molecular flexibility index (Phi) is 7.89. The Morgan fingerprint density at radius 1 is 1.19 bits per heavy atom. The van der Waals surface area contributed by atoms with Gasteiger partial charge in [0.15, 0.2) is 5.82 Å². The molecule has 2 aromatic carbocycles. The molecule has 0 aliphatic carbocycles. The predicted molar refractivity (Wildman–Crippen MR) is 133 cm³/mol. The third kappa shape index (κ3) is 6.21. The van der Waals surface area contributed by atoms with Crippen molar-refractivity contribution >= 4 is 28.1 Å². The molecule has 3 N–H and O–H groups in total. The van der Waals surface area contributed by atoms with E-state index >= 15 is 0 Å². The molecule has 0 spiro atoms. The third-order valence-electron chi connectivity index (χ3n) is 5.57. The molecule has 11 nitrogen and oxygen atoms in total. The van der Waals surface area contributed by atoms with Gasteiger partial charge in [-0.05, 0) is 42.7 Å². The predicted octanol–water partition coefficient (Wildman–Crippen LogP) is 1.62. The number of nitrogens with one attached hydrogen (secondary N) is 1. The lowest BCUT2D eigenvalue weighted by Crippen LogP contribution is -2.50. The number of benzene rings is 2. The summed E-state index contributed by atoms with van der Waals surface area (Å²) in [6, 6.07) is 16.3. The van der Waals surface area contributed by atoms with Crippen LogP contribution >= 0.6 is 0 Å². The highest BCUT2D eigenvalue weighted by Gasteiger charge is 2.27. The number of hydrogen-bond acceptors (Lipinski definition) is 8. The number of carbonyl (C=O) groups is 1. The number of nitrogens with zero attached hydrogens (tertiary/aromatic N) is 5. The zero-order valence-electron chi connectivity index (χ0n) is 20.0. The third-order valence-corrected chi connectivity index (χ3v) is 6.19. The minimum atomic E-state index is -2.41. The summed E-state index contributed by atoms with van der Waals surface area (Å²) in [5.74, 6) is -0.0747. The van der Waals surface area contributed by atoms with Crippen molar-refractivity contribution in [1.29, 1.82) is 0 Å². The first-order valence-corrected chi connectivity index (χ1v) is 12.4. The van der Waals surface area contributed by atoms with E-state index in [1.807, 2.05) is 42.5 Å². The minimum absolute atomic E-state index is 0.130. The van der Waals surface area contributed by atoms with E-state index in [4.69, 9.17) is 10.5 Å². The van der Waals surface area contributed by atoms with E-state index in [-0.39, 0.29) is 12.5 Å². The number of aryl methyl sites for hydroxylation is 2. The molecular formula is C24H28N7O4S-. The average Bonchev–Trinajstić information content (AvgIpc) is 3.47. The molecule has 1 amide bonds. The van der Waals surface area contributed by atoms with Gasteiger partial charge in [0.05, 0.1) is 42.1 Å². The van der Waals surface area contributed by atoms with Crippen LogP contribution in [0.15, 0.2) is 60.8 Å². The number of rotatable bonds is 11. The lowest BCUT2D eigenvalue weighted by Gasteiger charge is -2.22. The van der Waals surface area contributed by atoms with Gasteiger partial charge in [0.25, 0.3) is 0 Å². The SMILES string of the molecule is CC(C)(N)C(=O)N[C@H](COCc1ccccc1)c1nnn(CCc2cn(S(=O)[O-])c3ccccc23)n1. The van der Waals surface area contributed by atoms with Gasteiger partial charge in [0, 0.05) is 11.6 Å². The average molecular weight is 511 g/mol. The molecule has 190 valence electrons. The fourth-order valence-electron chi connectivity index (χ4n) is 3.64. The van der Waals surface area contributed by atoms with E-state index in [1.165, 1.54) is 8.77 Å². The molecule has 36 heavy (non-hydrogen) atoms. The van der Waals surface area contributed by atoms with Crippen molar-refractivity contribution in [1.82, 2.24) is 29.5 Å². The summed E-state index contributed by atoms with van der Waals surface area (Å²) in [6.45, 7) is 4.07. The molecule has 2 heterocycles. The Balaban J connectivity index is 1.46. The topological polar surface area (TPSA) is 153 Å². The summed E-state index contributed by atoms with van der Waals surface area (Å²) in [7, 11) is 0. The molecule has 4 aromatic rings. The lowest BCUT2D eigenvalue weighted by molar-refractivity contribution is -0.126. The van der Waals surface area contributed by atoms with Crippen LogP contribution in [-0.4, -0.2) is 51.0 Å². The first-order chi connectivity index (χ1) is 17.2. The van der Waals surface area contributed by atoms with Crippen LogP contribution < -0.4 is 11.1 Å². The zero-order chi connectivity index (χ0) is 25.7. The van der Waals surface area contributed by atoms with Gasteiger partial charge in [-0.2, -0.15) is 4.80 Å². The second-order valence-corrected chi connectivity index (χ2v) is 9.78. The number of aromatic nitrogens is 5. The van der Waals surface area contributed by atoms with Crippen LogP contribution in [0.2, 0.25) is 0 Å². The summed E-state index contributed by atoms with van der Waals surface area (Å²) in [5, 5.41) is 16.4. The van der Waals surface area contributed by atoms with E-state index in [0.29, 0.717) is 30.9 Å². The zero-order valence-corrected chi connectivity index (χ0v) is 20.9. The maximum atomic E-state index is 12.6. The van der Waals surface area contributed by atoms with Crippen LogP contribution in [0.1, 0.15) is 36.8 Å². The molecule has 0 saturated heterocycles. The Morgan fingerprint density at radius 2 is 1.92 bits per heavy atom. The standard InChI is InChI=1S/C24H29N7O4S/c1-24(2,25)23(32)26-20(16-35-15-17-8-4-3-5-9-17)22-27-29-31(28-22)13-12-18-14-30(36(33)34)21-11-7-6-10-19(18)21/h3-11,14,20H,12-13,15-16,25H2,1-2H3,(H,26,32)(H,33,34)/p-1/t20-/m1/s1. The molecule has 0 radical (unpaired) electrons. The summed E-state index contributed by atoms with van der Waals surface area (Å²) in [4.78, 5) is 14.0. The van der Waals surface area contributed by atoms with Gasteiger partial charge in [-0.25, -0.2) is 0 Å². The largest absolute Gasteiger partial charge is 0.755 e. The molecule has 0 bridgehead atoms. The maximum Gasteiger partial charge on any atom is 0.240 e. The normalized spacial score (nSPS) is 13.6. The van der Waals surface area contributed by atoms with Gasteiger partial charge in [-0.15, -0.1) is 10.2 Å². The summed E-state index contributed by atoms with van der Waals surface area (Å²) in [6.07, 6.45) is 2.08. The lowest BCUT2D eigenvalue weighted by atomic mass is 10.1. The van der Waals surface area contributed by atoms with Crippen molar-refractivity contribution in [2.45, 2.75) is 45.0 Å². The summed E-state index contributed by atoms with van der Waals surface area (Å²) in [5.41, 5.74) is 7.30. The quantitative estimate of drug-likeness (QED) is 0.289. The van der Waals surface area contributed by atoms with E-state index in [1.54, 1.807) is 32.2 Å². The maximum absolute atomic E-state index is 12.6. The van der Waals surface area contributed by atoms with Crippen LogP contribution in [0.25, 0.3) is 10.9 Å². The fraction of sp³-hybridized carbons (Fsp3) is 0.333. The van der Waals surface area contributed by atoms with E-state index in [0.717, 1.165) is 16.5 Å². The van der Waals surface area contributed by atoms with Gasteiger partial charge < -0.3 is 20.3 Å². The fourth-order valence-corrected chi connectivity index (χ4v) is 4.18. The van der Waals surface area contributed by atoms with E-state index < -0.39 is 22.8 Å². The second-order valence-electron chi connectivity index (χ2n) is 8.96. The van der Waals surface area contributed by atoms with Crippen molar-refractivity contribution in [2.24, 2.45) is 5.73 Å². The smallest absolute Gasteiger partial charge is 0.240 e. The molecule has 2 atom stereocenters. The number of amides is 1. The van der Waals surface area contributed by atoms with Crippen molar-refractivity contribution < 1.29 is 18.3 Å². The minimum Gasteiger partial charge on any atom is -0.755 e. The van der Waals surface area contributed by atoms with Crippen molar-refractivity contribution in [3.63, 3.8) is 0 Å². The highest BCUT2D eigenvalue weighted by molar-refractivity contribution is 7.77. The highest BCUT2D eigenvalue weighted by atomic mass is 32.2. The second kappa shape index (κ2) is 11.1. The van der Waals surface area contributed by atoms with Crippen molar-refractivity contribution in [3.05, 3.63) is 77.7 Å². The van der Waals surface area contributed by atoms with Gasteiger partial charge in [0.2, 0.25) is 5.91 Å². The molecule has 0 saturated carbocycles. The molecule has 1 unspecified atom stereocenters. The Bertz CT molecular complexity index is 1350. The van der Waals surface area contributed by atoms with Gasteiger partial charge in [-0.3, -0.25) is 13.0 Å². The first kappa shape index (κ1) is 25.6. The number of carbonyl (C=O) groups excluding carboxylic acids is 1. The van der Waals surface area contributed by atoms with Gasteiger partial charge in [-0.1, -0.05) is 48.5 Å². The van der Waals surface area contributed by atoms with E-state index in [9.17, 15) is 13.6 Å². The molecule has 0 fully saturated rings. The Hall–Kier alpha value is -3.45. The van der Waals surface area contributed by atoms with Crippen LogP contribution in [0.4, 0.5) is 0 Å². The first-order valence-electron chi connectivity index (χ1n) is 11.4.